The van der Waals surface area contributed by atoms with Crippen molar-refractivity contribution in [1.29, 1.82) is 5.26 Å². The highest BCUT2D eigenvalue weighted by molar-refractivity contribution is 7.18. The lowest BCUT2D eigenvalue weighted by Gasteiger charge is -2.37. The fraction of sp³-hybridized carbons (Fsp3) is 0.370. The molecule has 3 aromatic rings. The van der Waals surface area contributed by atoms with Crippen LogP contribution in [0.3, 0.4) is 0 Å². The Hall–Kier alpha value is -3.37. The van der Waals surface area contributed by atoms with Crippen molar-refractivity contribution >= 4 is 17.4 Å². The molecular formula is C27H28N4O2S. The van der Waals surface area contributed by atoms with Crippen molar-refractivity contribution in [3.8, 4) is 32.8 Å². The first-order valence-corrected chi connectivity index (χ1v) is 12.6. The molecule has 0 unspecified atom stereocenters. The summed E-state index contributed by atoms with van der Waals surface area (Å²) in [6.07, 6.45) is 3.76. The van der Waals surface area contributed by atoms with Gasteiger partial charge < -0.3 is 15.0 Å². The summed E-state index contributed by atoms with van der Waals surface area (Å²) in [7, 11) is 0. The van der Waals surface area contributed by atoms with Crippen LogP contribution in [-0.4, -0.2) is 35.1 Å². The average molecular weight is 473 g/mol. The molecule has 2 aromatic carbocycles. The van der Waals surface area contributed by atoms with Gasteiger partial charge in [0.15, 0.2) is 0 Å². The van der Waals surface area contributed by atoms with Crippen LogP contribution in [0.25, 0.3) is 21.0 Å². The fourth-order valence-corrected chi connectivity index (χ4v) is 5.74. The van der Waals surface area contributed by atoms with Crippen molar-refractivity contribution in [2.45, 2.75) is 45.8 Å². The summed E-state index contributed by atoms with van der Waals surface area (Å²) in [6, 6.07) is 14.3. The number of hydrogen-bond acceptors (Lipinski definition) is 5. The summed E-state index contributed by atoms with van der Waals surface area (Å²) in [5.74, 6) is 1.19. The van der Waals surface area contributed by atoms with Crippen LogP contribution in [0, 0.1) is 17.2 Å². The van der Waals surface area contributed by atoms with Gasteiger partial charge in [0.1, 0.15) is 16.8 Å². The van der Waals surface area contributed by atoms with Gasteiger partial charge in [-0.25, -0.2) is 9.78 Å². The molecule has 0 radical (unpaired) electrons. The van der Waals surface area contributed by atoms with Gasteiger partial charge >= 0.3 is 6.03 Å². The highest BCUT2D eigenvalue weighted by atomic mass is 32.1. The van der Waals surface area contributed by atoms with Gasteiger partial charge in [-0.05, 0) is 67.5 Å². The van der Waals surface area contributed by atoms with Gasteiger partial charge in [-0.2, -0.15) is 5.26 Å². The molecule has 174 valence electrons. The summed E-state index contributed by atoms with van der Waals surface area (Å²) >= 11 is 1.62. The zero-order chi connectivity index (χ0) is 23.8. The number of carbonyl (C=O) groups is 1. The van der Waals surface area contributed by atoms with Crippen molar-refractivity contribution in [3.63, 3.8) is 0 Å². The Morgan fingerprint density at radius 3 is 2.85 bits per heavy atom. The number of nitrogens with zero attached hydrogens (tertiary/aromatic N) is 3. The summed E-state index contributed by atoms with van der Waals surface area (Å²) in [6.45, 7) is 7.74. The summed E-state index contributed by atoms with van der Waals surface area (Å²) in [5, 5.41) is 13.7. The van der Waals surface area contributed by atoms with E-state index in [0.717, 1.165) is 41.4 Å². The van der Waals surface area contributed by atoms with E-state index in [-0.39, 0.29) is 18.2 Å². The number of fused-ring (bicyclic) bond motifs is 1. The number of aromatic nitrogens is 1. The first-order chi connectivity index (χ1) is 16.4. The van der Waals surface area contributed by atoms with Gasteiger partial charge in [0.2, 0.25) is 0 Å². The molecule has 6 nitrogen and oxygen atoms in total. The minimum atomic E-state index is 0.00710. The number of urea groups is 1. The number of nitriles is 1. The molecule has 1 aromatic heterocycles. The van der Waals surface area contributed by atoms with Crippen LogP contribution in [0.15, 0.2) is 42.6 Å². The molecule has 0 bridgehead atoms. The molecule has 1 saturated heterocycles. The molecule has 1 atom stereocenters. The van der Waals surface area contributed by atoms with Gasteiger partial charge in [-0.1, -0.05) is 25.1 Å². The van der Waals surface area contributed by atoms with Crippen LogP contribution in [-0.2, 0) is 6.42 Å². The smallest absolute Gasteiger partial charge is 0.317 e. The second kappa shape index (κ2) is 9.11. The van der Waals surface area contributed by atoms with E-state index in [2.05, 4.69) is 41.5 Å². The standard InChI is InChI=1S/C27H28N4O2S/c1-16(2)33-24-10-7-18(11-19(24)12-28)26-29-13-25(34-26)22-6-4-5-21-20(22)8-9-23(21)30-27(32)31-14-17(3)15-31/h4-7,10-11,13,16-17,23H,8-9,14-15H2,1-3H3,(H,30,32)/t23-/m0/s1. The predicted octanol–water partition coefficient (Wildman–Crippen LogP) is 5.78. The molecule has 5 rings (SSSR count). The maximum Gasteiger partial charge on any atom is 0.317 e. The Bertz CT molecular complexity index is 1270. The van der Waals surface area contributed by atoms with Gasteiger partial charge in [0.25, 0.3) is 0 Å². The number of amides is 2. The Morgan fingerprint density at radius 2 is 2.12 bits per heavy atom. The lowest BCUT2D eigenvalue weighted by atomic mass is 10.0. The third kappa shape index (κ3) is 4.26. The number of likely N-dealkylation sites (tertiary alicyclic amines) is 1. The van der Waals surface area contributed by atoms with E-state index in [0.29, 0.717) is 17.2 Å². The Balaban J connectivity index is 1.38. The first-order valence-electron chi connectivity index (χ1n) is 11.8. The van der Waals surface area contributed by atoms with Crippen molar-refractivity contribution in [3.05, 3.63) is 59.3 Å². The second-order valence-electron chi connectivity index (χ2n) is 9.44. The molecule has 1 fully saturated rings. The average Bonchev–Trinajstić information content (AvgIpc) is 3.44. The first kappa shape index (κ1) is 22.4. The zero-order valence-electron chi connectivity index (χ0n) is 19.7. The van der Waals surface area contributed by atoms with Gasteiger partial charge in [0.05, 0.1) is 22.6 Å². The van der Waals surface area contributed by atoms with Gasteiger partial charge in [-0.3, -0.25) is 0 Å². The molecule has 7 heteroatoms. The molecule has 34 heavy (non-hydrogen) atoms. The molecular weight excluding hydrogens is 444 g/mol. The minimum Gasteiger partial charge on any atom is -0.490 e. The largest absolute Gasteiger partial charge is 0.490 e. The highest BCUT2D eigenvalue weighted by Crippen LogP contribution is 2.41. The fourth-order valence-electron chi connectivity index (χ4n) is 4.78. The van der Waals surface area contributed by atoms with E-state index in [1.165, 1.54) is 16.7 Å². The van der Waals surface area contributed by atoms with E-state index < -0.39 is 0 Å². The minimum absolute atomic E-state index is 0.00710. The number of benzene rings is 2. The Kier molecular flexibility index (Phi) is 6.01. The summed E-state index contributed by atoms with van der Waals surface area (Å²) in [4.78, 5) is 20.2. The molecule has 0 saturated carbocycles. The van der Waals surface area contributed by atoms with E-state index >= 15 is 0 Å². The van der Waals surface area contributed by atoms with Gasteiger partial charge in [0, 0.05) is 24.8 Å². The molecule has 1 aliphatic heterocycles. The van der Waals surface area contributed by atoms with Gasteiger partial charge in [-0.15, -0.1) is 11.3 Å². The number of nitrogens with one attached hydrogen (secondary N) is 1. The monoisotopic (exact) mass is 472 g/mol. The third-order valence-electron chi connectivity index (χ3n) is 6.40. The van der Waals surface area contributed by atoms with Crippen LogP contribution in [0.2, 0.25) is 0 Å². The van der Waals surface area contributed by atoms with Crippen LogP contribution >= 0.6 is 11.3 Å². The molecule has 2 aliphatic rings. The van der Waals surface area contributed by atoms with Crippen LogP contribution in [0.1, 0.15) is 49.9 Å². The Morgan fingerprint density at radius 1 is 1.29 bits per heavy atom. The van der Waals surface area contributed by atoms with Crippen molar-refractivity contribution < 1.29 is 9.53 Å². The molecule has 0 spiro atoms. The summed E-state index contributed by atoms with van der Waals surface area (Å²) < 4.78 is 5.75. The lowest BCUT2D eigenvalue weighted by Crippen LogP contribution is -2.53. The predicted molar refractivity (Wildman–Crippen MR) is 134 cm³/mol. The lowest BCUT2D eigenvalue weighted by molar-refractivity contribution is 0.127. The quantitative estimate of drug-likeness (QED) is 0.510. The normalized spacial score (nSPS) is 17.3. The number of ether oxygens (including phenoxy) is 1. The van der Waals surface area contributed by atoms with Crippen molar-refractivity contribution in [1.82, 2.24) is 15.2 Å². The van der Waals surface area contributed by atoms with E-state index in [9.17, 15) is 10.1 Å². The maximum absolute atomic E-state index is 12.6. The zero-order valence-corrected chi connectivity index (χ0v) is 20.5. The van der Waals surface area contributed by atoms with Crippen molar-refractivity contribution in [2.75, 3.05) is 13.1 Å². The Labute approximate surface area is 204 Å². The number of carbonyl (C=O) groups excluding carboxylic acids is 1. The maximum atomic E-state index is 12.6. The van der Waals surface area contributed by atoms with E-state index in [4.69, 9.17) is 4.74 Å². The molecule has 2 amide bonds. The number of thiazole rings is 1. The van der Waals surface area contributed by atoms with Crippen LogP contribution < -0.4 is 10.1 Å². The number of hydrogen-bond donors (Lipinski definition) is 1. The summed E-state index contributed by atoms with van der Waals surface area (Å²) in [5.41, 5.74) is 5.09. The van der Waals surface area contributed by atoms with Crippen molar-refractivity contribution in [2.24, 2.45) is 5.92 Å². The topological polar surface area (TPSA) is 78.2 Å². The molecule has 2 heterocycles. The van der Waals surface area contributed by atoms with E-state index in [1.54, 1.807) is 11.3 Å². The van der Waals surface area contributed by atoms with E-state index in [1.807, 2.05) is 43.1 Å². The molecule has 1 aliphatic carbocycles. The SMILES string of the molecule is CC1CN(C(=O)N[C@H]2CCc3c(-c4cnc(-c5ccc(OC(C)C)c(C#N)c5)s4)cccc32)C1. The highest BCUT2D eigenvalue weighted by Gasteiger charge is 2.31. The van der Waals surface area contributed by atoms with Crippen LogP contribution in [0.4, 0.5) is 4.79 Å². The number of rotatable bonds is 5. The second-order valence-corrected chi connectivity index (χ2v) is 10.5. The van der Waals surface area contributed by atoms with Crippen LogP contribution in [0.5, 0.6) is 5.75 Å². The molecule has 1 N–H and O–H groups in total. The third-order valence-corrected chi connectivity index (χ3v) is 7.48.